The van der Waals surface area contributed by atoms with Gasteiger partial charge in [-0.1, -0.05) is 304 Å². The standard InChI is InChI=1S/C26H19N5O2S.C25H32N6O.C23H21N5O2S.C21H19N5O.C20H17N5O/c1-16-12-14-17(15-13-16)23-28-20(22(27)32)21-24(30-23)31(19-10-6-3-7-11-19)26(29-21)34-25(33)18-8-4-2-5-9-18;1-16-12-14-17(15-13-16)23-28-20(22(26)32)21-24(30-23)31(19-10-6-3-7-11-19)25(29-21)27-18-8-4-2-5-9-18;1-13(2)22(30)31-23-26-18-17(19(24)29)25-20(15-11-9-14(3)10-12-15)27-21(18)28(23)16-7-5-4-6-8-16;1-12-3-7-14(8-4-12)20-24-18(19(23)27)16-11-17(22)26(21(16)25-20)15-9-5-13(2)6-10-15;1-12-7-9-13(10-8-12)19-23-17(18(22)26)15-11-16(21)25(20(15)24-19)14-5-3-2-4-6-14/h2-15H,1H3,(H2,27,32);12-15,18-19H,2-11H2,1H3,(H2,26,32)(H,27,29);4-13H,1-3H3,(H2,24,29);3-10,22H,11H2,1-2H3,(H2,23,27);2-10,21H,11H2,1H3,(H2,22,26). The van der Waals surface area contributed by atoms with Gasteiger partial charge in [-0.05, 0) is 139 Å². The van der Waals surface area contributed by atoms with Crippen LogP contribution in [0.4, 0.5) is 29.0 Å². The molecule has 2 saturated carbocycles. The summed E-state index contributed by atoms with van der Waals surface area (Å²) in [6, 6.07) is 84.8. The van der Waals surface area contributed by atoms with Gasteiger partial charge in [-0.25, -0.2) is 64.8 Å². The number of imidazole rings is 3. The van der Waals surface area contributed by atoms with Gasteiger partial charge < -0.3 is 34.0 Å². The van der Waals surface area contributed by atoms with E-state index in [-0.39, 0.29) is 68.5 Å². The summed E-state index contributed by atoms with van der Waals surface area (Å²) >= 11 is 1.98. The highest BCUT2D eigenvalue weighted by molar-refractivity contribution is 8.14. The molecule has 2 aliphatic heterocycles. The van der Waals surface area contributed by atoms with Gasteiger partial charge in [0.05, 0.1) is 0 Å². The number of benzene rings is 10. The molecule has 0 unspecified atom stereocenters. The maximum Gasteiger partial charge on any atom is 0.269 e. The van der Waals surface area contributed by atoms with Gasteiger partial charge in [0, 0.05) is 98.1 Å². The van der Waals surface area contributed by atoms with Gasteiger partial charge in [-0.3, -0.25) is 67.9 Å². The van der Waals surface area contributed by atoms with E-state index in [1.54, 1.807) is 43.2 Å². The zero-order valence-corrected chi connectivity index (χ0v) is 85.4. The number of anilines is 5. The molecule has 5 amide bonds. The zero-order valence-electron chi connectivity index (χ0n) is 83.7. The molecular weight excluding hydrogens is 1920 g/mol. The lowest BCUT2D eigenvalue weighted by Gasteiger charge is -2.28. The number of primary amides is 5. The minimum Gasteiger partial charge on any atom is -0.364 e. The summed E-state index contributed by atoms with van der Waals surface area (Å²) in [4.78, 5) is 150. The monoisotopic (exact) mass is 2030 g/mol. The van der Waals surface area contributed by atoms with Crippen LogP contribution in [0.5, 0.6) is 0 Å². The van der Waals surface area contributed by atoms with E-state index in [2.05, 4.69) is 49.8 Å². The van der Waals surface area contributed by atoms with Gasteiger partial charge in [0.2, 0.25) is 11.1 Å². The van der Waals surface area contributed by atoms with Crippen molar-refractivity contribution >= 4 is 137 Å². The number of amidine groups is 2. The smallest absolute Gasteiger partial charge is 0.269 e. The number of nitrogens with zero attached hydrogens (tertiary/aromatic N) is 18. The largest absolute Gasteiger partial charge is 0.364 e. The van der Waals surface area contributed by atoms with E-state index in [0.29, 0.717) is 108 Å². The van der Waals surface area contributed by atoms with Crippen LogP contribution in [0, 0.1) is 58.3 Å². The fourth-order valence-corrected chi connectivity index (χ4v) is 19.7. The Balaban J connectivity index is 0.000000123. The Morgan fingerprint density at radius 1 is 0.327 bits per heavy atom. The Hall–Kier alpha value is -17.9. The van der Waals surface area contributed by atoms with Crippen molar-refractivity contribution in [3.05, 3.63) is 345 Å². The van der Waals surface area contributed by atoms with Crippen molar-refractivity contribution in [1.29, 1.82) is 10.8 Å². The fourth-order valence-electron chi connectivity index (χ4n) is 18.0. The number of rotatable bonds is 21. The molecular formula is C115H108N26O7S2. The van der Waals surface area contributed by atoms with Gasteiger partial charge in [0.15, 0.2) is 78.6 Å². The van der Waals surface area contributed by atoms with E-state index in [1.165, 1.54) is 38.5 Å². The van der Waals surface area contributed by atoms with E-state index in [9.17, 15) is 33.6 Å². The first kappa shape index (κ1) is 102. The number of carbonyl (C=O) groups is 7. The fraction of sp³-hybridized carbons (Fsp3) is 0.200. The average molecular weight is 2030 g/mol. The number of aromatic nitrogens is 16. The molecule has 10 aromatic carbocycles. The molecule has 0 bridgehead atoms. The topological polar surface area (TPSA) is 498 Å². The number of nitrogens with one attached hydrogen (secondary N) is 3. The molecule has 8 aromatic heterocycles. The maximum atomic E-state index is 13.0. The summed E-state index contributed by atoms with van der Waals surface area (Å²) in [7, 11) is 0. The first-order valence-electron chi connectivity index (χ1n) is 49.2. The minimum atomic E-state index is -0.718. The quantitative estimate of drug-likeness (QED) is 0.0310. The number of thioether (sulfide) groups is 2. The Kier molecular flexibility index (Phi) is 30.7. The number of hydrogen-bond donors (Lipinski definition) is 8. The number of amides is 5. The highest BCUT2D eigenvalue weighted by atomic mass is 32.2. The summed E-state index contributed by atoms with van der Waals surface area (Å²) in [5, 5.41) is 21.1. The second kappa shape index (κ2) is 45.0. The number of fused-ring (bicyclic) bond motifs is 5. The van der Waals surface area contributed by atoms with Crippen molar-refractivity contribution in [2.75, 3.05) is 15.1 Å². The van der Waals surface area contributed by atoms with E-state index in [1.807, 2.05) is 298 Å². The first-order chi connectivity index (χ1) is 72.4. The summed E-state index contributed by atoms with van der Waals surface area (Å²) in [6.07, 6.45) is 12.5. The van der Waals surface area contributed by atoms with Crippen LogP contribution in [0.2, 0.25) is 0 Å². The Labute approximate surface area is 873 Å². The van der Waals surface area contributed by atoms with Crippen LogP contribution in [-0.2, 0) is 17.6 Å². The Bertz CT molecular complexity index is 8190. The lowest BCUT2D eigenvalue weighted by atomic mass is 9.95. The number of nitrogens with two attached hydrogens (primary N) is 5. The van der Waals surface area contributed by atoms with Crippen molar-refractivity contribution < 1.29 is 33.6 Å². The van der Waals surface area contributed by atoms with Crippen molar-refractivity contribution in [1.82, 2.24) is 78.5 Å². The number of hydrogen-bond acceptors (Lipinski definition) is 25. The van der Waals surface area contributed by atoms with Gasteiger partial charge in [0.25, 0.3) is 29.5 Å². The van der Waals surface area contributed by atoms with Gasteiger partial charge in [-0.15, -0.1) is 0 Å². The SMILES string of the molecule is Cc1ccc(-c2nc(C(N)=O)c3c(n2)N(c2ccc(C)cc2)C(=N)C3)cc1.Cc1ccc(-c2nc(C(N)=O)c3c(n2)N(c2ccccc2)C(=N)C3)cc1.Cc1ccc(-c2nc(C(N)=O)c3nc(NC4CCCCC4)n(C4CCCCC4)c3n2)cc1.Cc1ccc(-c2nc(C(N)=O)c3nc(SC(=O)C(C)C)n(-c4ccccc4)c3n2)cc1.Cc1ccc(-c2nc(C(N)=O)c3nc(SC(=O)c4ccccc4)n(-c4ccccc4)c3n2)cc1. The highest BCUT2D eigenvalue weighted by Crippen LogP contribution is 2.43. The van der Waals surface area contributed by atoms with Gasteiger partial charge in [0.1, 0.15) is 51.2 Å². The molecule has 0 spiro atoms. The summed E-state index contributed by atoms with van der Waals surface area (Å²) in [6.45, 7) is 15.7. The molecule has 0 saturated heterocycles. The van der Waals surface area contributed by atoms with Crippen LogP contribution in [0.15, 0.2) is 277 Å². The van der Waals surface area contributed by atoms with Crippen LogP contribution < -0.4 is 43.8 Å². The van der Waals surface area contributed by atoms with E-state index < -0.39 is 29.5 Å². The molecule has 752 valence electrons. The molecule has 33 nitrogen and oxygen atoms in total. The predicted molar refractivity (Wildman–Crippen MR) is 586 cm³/mol. The third-order valence-corrected chi connectivity index (χ3v) is 27.9. The Morgan fingerprint density at radius 2 is 0.627 bits per heavy atom. The van der Waals surface area contributed by atoms with E-state index in [4.69, 9.17) is 64.4 Å². The highest BCUT2D eigenvalue weighted by Gasteiger charge is 2.37. The second-order valence-corrected chi connectivity index (χ2v) is 39.3. The third-order valence-electron chi connectivity index (χ3n) is 25.9. The molecule has 150 heavy (non-hydrogen) atoms. The number of carbonyl (C=O) groups excluding carboxylic acids is 7. The van der Waals surface area contributed by atoms with Crippen molar-refractivity contribution in [2.24, 2.45) is 34.6 Å². The van der Waals surface area contributed by atoms with Crippen LogP contribution in [-0.4, -0.2) is 136 Å². The van der Waals surface area contributed by atoms with Crippen LogP contribution in [0.1, 0.15) is 191 Å². The normalized spacial score (nSPS) is 13.3. The van der Waals surface area contributed by atoms with Crippen molar-refractivity contribution in [3.8, 4) is 68.3 Å². The second-order valence-electron chi connectivity index (χ2n) is 37.4. The summed E-state index contributed by atoms with van der Waals surface area (Å²) in [5.41, 5.74) is 47.0. The maximum absolute atomic E-state index is 13.0. The van der Waals surface area contributed by atoms with E-state index in [0.717, 1.165) is 145 Å². The lowest BCUT2D eigenvalue weighted by Crippen LogP contribution is -2.25. The van der Waals surface area contributed by atoms with Crippen LogP contribution >= 0.6 is 23.5 Å². The Morgan fingerprint density at radius 3 is 0.980 bits per heavy atom. The molecule has 2 aliphatic carbocycles. The van der Waals surface area contributed by atoms with Crippen LogP contribution in [0.25, 0.3) is 102 Å². The lowest BCUT2D eigenvalue weighted by molar-refractivity contribution is -0.113. The number of para-hydroxylation sites is 3. The van der Waals surface area contributed by atoms with E-state index >= 15 is 0 Å². The molecule has 10 heterocycles. The molecule has 4 aliphatic rings. The molecule has 22 rings (SSSR count). The summed E-state index contributed by atoms with van der Waals surface area (Å²) in [5.74, 6) is 1.28. The zero-order chi connectivity index (χ0) is 105. The molecule has 18 aromatic rings. The number of aryl methyl sites for hydroxylation is 6. The molecule has 0 radical (unpaired) electrons. The molecule has 35 heteroatoms. The van der Waals surface area contributed by atoms with Gasteiger partial charge >= 0.3 is 0 Å². The minimum absolute atomic E-state index is 0.00395. The average Bonchev–Trinajstić information content (AvgIpc) is 1.63. The molecule has 2 fully saturated rings. The third kappa shape index (κ3) is 22.6. The van der Waals surface area contributed by atoms with Crippen LogP contribution in [0.3, 0.4) is 0 Å². The molecule has 0 atom stereocenters. The summed E-state index contributed by atoms with van der Waals surface area (Å²) < 4.78 is 5.77. The predicted octanol–water partition coefficient (Wildman–Crippen LogP) is 20.9. The molecule has 13 N–H and O–H groups in total. The first-order valence-corrected chi connectivity index (χ1v) is 50.9. The van der Waals surface area contributed by atoms with Crippen molar-refractivity contribution in [2.45, 2.75) is 155 Å². The van der Waals surface area contributed by atoms with Crippen molar-refractivity contribution in [3.63, 3.8) is 0 Å². The van der Waals surface area contributed by atoms with Gasteiger partial charge in [-0.2, -0.15) is 0 Å².